The lowest BCUT2D eigenvalue weighted by Gasteiger charge is -2.26. The largest absolute Gasteiger partial charge is 0.494 e. The fourth-order valence-corrected chi connectivity index (χ4v) is 4.15. The predicted octanol–water partition coefficient (Wildman–Crippen LogP) is 6.70. The second-order valence-corrected chi connectivity index (χ2v) is 8.58. The van der Waals surface area contributed by atoms with Crippen molar-refractivity contribution in [1.29, 1.82) is 0 Å². The number of hydrogen-bond donors (Lipinski definition) is 0. The van der Waals surface area contributed by atoms with E-state index in [1.807, 2.05) is 40.1 Å². The van der Waals surface area contributed by atoms with Gasteiger partial charge < -0.3 is 24.0 Å². The third kappa shape index (κ3) is 6.92. The van der Waals surface area contributed by atoms with E-state index in [0.717, 1.165) is 52.7 Å². The number of benzene rings is 3. The molecule has 5 heteroatoms. The molecule has 1 atom stereocenters. The van der Waals surface area contributed by atoms with Crippen LogP contribution in [-0.4, -0.2) is 40.4 Å². The summed E-state index contributed by atoms with van der Waals surface area (Å²) >= 11 is 0. The lowest BCUT2D eigenvalue weighted by atomic mass is 9.99. The summed E-state index contributed by atoms with van der Waals surface area (Å²) in [5, 5.41) is 0. The molecule has 0 saturated heterocycles. The highest BCUT2D eigenvalue weighted by Crippen LogP contribution is 2.37. The average molecular weight is 477 g/mol. The Balaban J connectivity index is 1.96. The highest BCUT2D eigenvalue weighted by Gasteiger charge is 2.21. The zero-order valence-electron chi connectivity index (χ0n) is 22.1. The highest BCUT2D eigenvalue weighted by molar-refractivity contribution is 5.56. The van der Waals surface area contributed by atoms with Gasteiger partial charge >= 0.3 is 0 Å². The van der Waals surface area contributed by atoms with E-state index in [-0.39, 0.29) is 6.10 Å². The van der Waals surface area contributed by atoms with Crippen molar-refractivity contribution in [2.45, 2.75) is 40.4 Å². The van der Waals surface area contributed by atoms with Gasteiger partial charge in [-0.3, -0.25) is 0 Å². The van der Waals surface area contributed by atoms with Gasteiger partial charge in [0, 0.05) is 50.2 Å². The van der Waals surface area contributed by atoms with Crippen molar-refractivity contribution >= 4 is 11.4 Å². The van der Waals surface area contributed by atoms with Crippen LogP contribution >= 0.6 is 0 Å². The zero-order valence-corrected chi connectivity index (χ0v) is 22.1. The van der Waals surface area contributed by atoms with Crippen LogP contribution in [0.15, 0.2) is 66.7 Å². The summed E-state index contributed by atoms with van der Waals surface area (Å²) in [5.74, 6) is 1.74. The minimum Gasteiger partial charge on any atom is -0.494 e. The molecule has 0 saturated carbocycles. The van der Waals surface area contributed by atoms with Crippen molar-refractivity contribution in [3.8, 4) is 11.5 Å². The molecule has 0 radical (unpaired) electrons. The number of hydrogen-bond acceptors (Lipinski definition) is 5. The van der Waals surface area contributed by atoms with E-state index >= 15 is 0 Å². The second kappa shape index (κ2) is 13.1. The molecule has 0 fully saturated rings. The van der Waals surface area contributed by atoms with Gasteiger partial charge in [0.1, 0.15) is 17.6 Å². The van der Waals surface area contributed by atoms with Crippen molar-refractivity contribution in [2.24, 2.45) is 0 Å². The third-order valence-electron chi connectivity index (χ3n) is 6.07. The second-order valence-electron chi connectivity index (χ2n) is 8.58. The molecule has 0 spiro atoms. The van der Waals surface area contributed by atoms with Crippen LogP contribution in [0.4, 0.5) is 11.4 Å². The van der Waals surface area contributed by atoms with Crippen LogP contribution in [0.1, 0.15) is 50.5 Å². The molecule has 0 aliphatic rings. The SMILES string of the molecule is CCOc1ccc(COC(c2ccc(N(C)C)cc2)c2ccc(N(CC)CC)cc2OCC)cc1. The maximum absolute atomic E-state index is 6.59. The van der Waals surface area contributed by atoms with E-state index < -0.39 is 0 Å². The molecule has 0 aliphatic heterocycles. The van der Waals surface area contributed by atoms with E-state index in [2.05, 4.69) is 78.2 Å². The van der Waals surface area contributed by atoms with Crippen molar-refractivity contribution < 1.29 is 14.2 Å². The minimum atomic E-state index is -0.259. The van der Waals surface area contributed by atoms with Crippen LogP contribution in [0, 0.1) is 0 Å². The van der Waals surface area contributed by atoms with Gasteiger partial charge in [-0.2, -0.15) is 0 Å². The van der Waals surface area contributed by atoms with Gasteiger partial charge in [-0.1, -0.05) is 30.3 Å². The van der Waals surface area contributed by atoms with Crippen molar-refractivity contribution in [2.75, 3.05) is 50.2 Å². The lowest BCUT2D eigenvalue weighted by Crippen LogP contribution is -2.22. The fourth-order valence-electron chi connectivity index (χ4n) is 4.15. The first kappa shape index (κ1) is 26.4. The number of nitrogens with zero attached hydrogens (tertiary/aromatic N) is 2. The molecular formula is C30H40N2O3. The molecule has 3 aromatic carbocycles. The highest BCUT2D eigenvalue weighted by atomic mass is 16.5. The van der Waals surface area contributed by atoms with Crippen molar-refractivity contribution in [3.63, 3.8) is 0 Å². The molecule has 1 unspecified atom stereocenters. The summed E-state index contributed by atoms with van der Waals surface area (Å²) in [4.78, 5) is 4.43. The van der Waals surface area contributed by atoms with Gasteiger partial charge in [0.2, 0.25) is 0 Å². The Morgan fingerprint density at radius 3 is 1.91 bits per heavy atom. The van der Waals surface area contributed by atoms with Crippen LogP contribution in [0.5, 0.6) is 11.5 Å². The number of anilines is 2. The van der Waals surface area contributed by atoms with Crippen LogP contribution < -0.4 is 19.3 Å². The van der Waals surface area contributed by atoms with Gasteiger partial charge in [-0.05, 0) is 69.2 Å². The molecule has 3 aromatic rings. The van der Waals surface area contributed by atoms with E-state index in [0.29, 0.717) is 19.8 Å². The van der Waals surface area contributed by atoms with E-state index in [1.165, 1.54) is 0 Å². The monoisotopic (exact) mass is 476 g/mol. The van der Waals surface area contributed by atoms with Crippen LogP contribution in [0.25, 0.3) is 0 Å². The Morgan fingerprint density at radius 2 is 1.34 bits per heavy atom. The normalized spacial score (nSPS) is 11.7. The van der Waals surface area contributed by atoms with E-state index in [9.17, 15) is 0 Å². The summed E-state index contributed by atoms with van der Waals surface area (Å²) in [6.07, 6.45) is -0.259. The van der Waals surface area contributed by atoms with Crippen LogP contribution in [-0.2, 0) is 11.3 Å². The zero-order chi connectivity index (χ0) is 25.2. The predicted molar refractivity (Wildman–Crippen MR) is 146 cm³/mol. The first-order valence-corrected chi connectivity index (χ1v) is 12.6. The summed E-state index contributed by atoms with van der Waals surface area (Å²) in [5.41, 5.74) is 5.54. The molecular weight excluding hydrogens is 436 g/mol. The summed E-state index contributed by atoms with van der Waals surface area (Å²) < 4.78 is 18.3. The maximum atomic E-state index is 6.59. The Morgan fingerprint density at radius 1 is 0.714 bits per heavy atom. The molecule has 0 heterocycles. The third-order valence-corrected chi connectivity index (χ3v) is 6.07. The van der Waals surface area contributed by atoms with Gasteiger partial charge in [-0.25, -0.2) is 0 Å². The van der Waals surface area contributed by atoms with Crippen molar-refractivity contribution in [3.05, 3.63) is 83.4 Å². The lowest BCUT2D eigenvalue weighted by molar-refractivity contribution is 0.0647. The quantitative estimate of drug-likeness (QED) is 0.274. The Kier molecular flexibility index (Phi) is 9.86. The Labute approximate surface area is 211 Å². The van der Waals surface area contributed by atoms with Gasteiger partial charge in [-0.15, -0.1) is 0 Å². The van der Waals surface area contributed by atoms with Gasteiger partial charge in [0.25, 0.3) is 0 Å². The molecule has 0 N–H and O–H groups in total. The number of rotatable bonds is 13. The summed E-state index contributed by atoms with van der Waals surface area (Å²) in [6, 6.07) is 23.1. The smallest absolute Gasteiger partial charge is 0.127 e. The standard InChI is InChI=1S/C30H40N2O3/c1-7-32(8-2)26-17-20-28(29(21-26)34-10-4)30(24-13-15-25(16-14-24)31(5)6)35-22-23-11-18-27(19-12-23)33-9-3/h11-21,30H,7-10,22H2,1-6H3. The molecule has 0 amide bonds. The van der Waals surface area contributed by atoms with Crippen LogP contribution in [0.2, 0.25) is 0 Å². The Hall–Kier alpha value is -3.18. The summed E-state index contributed by atoms with van der Waals surface area (Å²) in [6.45, 7) is 12.0. The minimum absolute atomic E-state index is 0.259. The first-order valence-electron chi connectivity index (χ1n) is 12.6. The molecule has 5 nitrogen and oxygen atoms in total. The first-order chi connectivity index (χ1) is 17.0. The van der Waals surface area contributed by atoms with E-state index in [1.54, 1.807) is 0 Å². The van der Waals surface area contributed by atoms with Crippen LogP contribution in [0.3, 0.4) is 0 Å². The average Bonchev–Trinajstić information content (AvgIpc) is 2.87. The molecule has 0 bridgehead atoms. The fraction of sp³-hybridized carbons (Fsp3) is 0.400. The molecule has 3 rings (SSSR count). The molecule has 0 aromatic heterocycles. The molecule has 35 heavy (non-hydrogen) atoms. The maximum Gasteiger partial charge on any atom is 0.127 e. The van der Waals surface area contributed by atoms with Gasteiger partial charge in [0.15, 0.2) is 0 Å². The molecule has 0 aliphatic carbocycles. The number of ether oxygens (including phenoxy) is 3. The topological polar surface area (TPSA) is 34.2 Å². The van der Waals surface area contributed by atoms with Gasteiger partial charge in [0.05, 0.1) is 19.8 Å². The molecule has 188 valence electrons. The summed E-state index contributed by atoms with van der Waals surface area (Å²) in [7, 11) is 4.10. The Bertz CT molecular complexity index is 1030. The van der Waals surface area contributed by atoms with E-state index in [4.69, 9.17) is 14.2 Å². The van der Waals surface area contributed by atoms with Crippen molar-refractivity contribution in [1.82, 2.24) is 0 Å².